The molecule has 1 amide bonds. The molecule has 23 heavy (non-hydrogen) atoms. The molecule has 4 nitrogen and oxygen atoms in total. The summed E-state index contributed by atoms with van der Waals surface area (Å²) in [7, 11) is 0. The largest absolute Gasteiger partial charge is 0.461 e. The number of alkyl halides is 4. The van der Waals surface area contributed by atoms with Gasteiger partial charge in [0.2, 0.25) is 0 Å². The van der Waals surface area contributed by atoms with Crippen molar-refractivity contribution in [1.82, 2.24) is 5.32 Å². The maximum atomic E-state index is 13.1. The van der Waals surface area contributed by atoms with Crippen LogP contribution >= 0.6 is 0 Å². The number of benzene rings is 1. The van der Waals surface area contributed by atoms with Gasteiger partial charge < -0.3 is 14.8 Å². The van der Waals surface area contributed by atoms with Gasteiger partial charge in [-0.15, -0.1) is 0 Å². The Hall–Kier alpha value is -1.83. The molecular formula is C15H15F4NO3. The molecule has 0 bridgehead atoms. The van der Waals surface area contributed by atoms with E-state index in [4.69, 9.17) is 4.74 Å². The number of amides is 1. The van der Waals surface area contributed by atoms with Crippen molar-refractivity contribution in [2.24, 2.45) is 5.92 Å². The summed E-state index contributed by atoms with van der Waals surface area (Å²) >= 11 is 0. The van der Waals surface area contributed by atoms with Crippen molar-refractivity contribution in [3.8, 4) is 5.75 Å². The first-order valence-electron chi connectivity index (χ1n) is 7.25. The maximum Gasteiger partial charge on any atom is 0.461 e. The van der Waals surface area contributed by atoms with E-state index in [1.54, 1.807) is 0 Å². The number of para-hydroxylation sites is 1. The average molecular weight is 333 g/mol. The molecule has 126 valence electrons. The van der Waals surface area contributed by atoms with Crippen molar-refractivity contribution >= 4 is 5.91 Å². The second-order valence-electron chi connectivity index (χ2n) is 5.64. The Balaban J connectivity index is 1.71. The summed E-state index contributed by atoms with van der Waals surface area (Å²) in [5, 5.41) is 2.73. The van der Waals surface area contributed by atoms with E-state index in [2.05, 4.69) is 10.1 Å². The average Bonchev–Trinajstić information content (AvgIpc) is 2.85. The summed E-state index contributed by atoms with van der Waals surface area (Å²) in [6.45, 7) is 0.641. The van der Waals surface area contributed by atoms with Crippen LogP contribution in [0, 0.1) is 5.92 Å². The highest BCUT2D eigenvalue weighted by Crippen LogP contribution is 2.39. The van der Waals surface area contributed by atoms with Gasteiger partial charge >= 0.3 is 12.5 Å². The first-order valence-corrected chi connectivity index (χ1v) is 7.25. The number of hydrogen-bond donors (Lipinski definition) is 1. The predicted molar refractivity (Wildman–Crippen MR) is 71.7 cm³/mol. The number of carbonyl (C=O) groups excluding carboxylic acids is 1. The molecule has 1 heterocycles. The van der Waals surface area contributed by atoms with Gasteiger partial charge in [0.1, 0.15) is 5.75 Å². The Kier molecular flexibility index (Phi) is 4.18. The van der Waals surface area contributed by atoms with E-state index in [1.165, 1.54) is 18.2 Å². The second kappa shape index (κ2) is 5.99. The predicted octanol–water partition coefficient (Wildman–Crippen LogP) is 2.83. The zero-order chi connectivity index (χ0) is 16.6. The topological polar surface area (TPSA) is 47.6 Å². The highest BCUT2D eigenvalue weighted by molar-refractivity contribution is 5.97. The molecular weight excluding hydrogens is 318 g/mol. The number of nitrogens with one attached hydrogen (secondary N) is 1. The van der Waals surface area contributed by atoms with Gasteiger partial charge in [0, 0.05) is 18.6 Å². The monoisotopic (exact) mass is 333 g/mol. The lowest BCUT2D eigenvalue weighted by Gasteiger charge is -2.39. The molecule has 0 unspecified atom stereocenters. The third-order valence-electron chi connectivity index (χ3n) is 4.21. The van der Waals surface area contributed by atoms with E-state index >= 15 is 0 Å². The molecule has 1 N–H and O–H groups in total. The quantitative estimate of drug-likeness (QED) is 0.843. The zero-order valence-corrected chi connectivity index (χ0v) is 12.0. The molecule has 1 aromatic carbocycles. The van der Waals surface area contributed by atoms with Crippen LogP contribution in [0.3, 0.4) is 0 Å². The number of ether oxygens (including phenoxy) is 2. The van der Waals surface area contributed by atoms with Crippen LogP contribution in [0.25, 0.3) is 0 Å². The van der Waals surface area contributed by atoms with Gasteiger partial charge in [-0.05, 0) is 25.0 Å². The van der Waals surface area contributed by atoms with Crippen molar-refractivity contribution < 1.29 is 31.8 Å². The minimum Gasteiger partial charge on any atom is -0.427 e. The first kappa shape index (κ1) is 16.0. The van der Waals surface area contributed by atoms with E-state index in [1.807, 2.05) is 0 Å². The van der Waals surface area contributed by atoms with Crippen molar-refractivity contribution in [3.63, 3.8) is 0 Å². The number of carbonyl (C=O) groups is 1. The maximum absolute atomic E-state index is 13.1. The molecule has 2 aliphatic rings. The minimum atomic E-state index is -4.66. The van der Waals surface area contributed by atoms with E-state index < -0.39 is 24.2 Å². The third kappa shape index (κ3) is 3.12. The molecule has 0 radical (unpaired) electrons. The van der Waals surface area contributed by atoms with Crippen LogP contribution in [0.1, 0.15) is 23.2 Å². The minimum absolute atomic E-state index is 0.0985. The number of hydrogen-bond acceptors (Lipinski definition) is 3. The molecule has 3 rings (SSSR count). The van der Waals surface area contributed by atoms with E-state index in [-0.39, 0.29) is 23.6 Å². The van der Waals surface area contributed by atoms with Crippen LogP contribution in [0.4, 0.5) is 17.6 Å². The van der Waals surface area contributed by atoms with E-state index in [9.17, 15) is 22.4 Å². The normalized spacial score (nSPS) is 26.6. The van der Waals surface area contributed by atoms with Crippen LogP contribution in [0.15, 0.2) is 24.3 Å². The summed E-state index contributed by atoms with van der Waals surface area (Å²) < 4.78 is 60.2. The lowest BCUT2D eigenvalue weighted by atomic mass is 9.76. The number of halogens is 4. The van der Waals surface area contributed by atoms with E-state index in [0.29, 0.717) is 13.0 Å². The van der Waals surface area contributed by atoms with Crippen molar-refractivity contribution in [2.45, 2.75) is 37.5 Å². The summed E-state index contributed by atoms with van der Waals surface area (Å²) in [6.07, 6.45) is -7.02. The first-order chi connectivity index (χ1) is 10.9. The van der Waals surface area contributed by atoms with Crippen LogP contribution < -0.4 is 10.1 Å². The molecule has 0 aromatic heterocycles. The molecule has 1 aromatic rings. The number of rotatable bonds is 5. The lowest BCUT2D eigenvalue weighted by molar-refractivity contribution is -0.253. The molecule has 0 spiro atoms. The van der Waals surface area contributed by atoms with Crippen molar-refractivity contribution in [1.29, 1.82) is 0 Å². The molecule has 2 fully saturated rings. The van der Waals surface area contributed by atoms with Gasteiger partial charge in [-0.3, -0.25) is 4.79 Å². The van der Waals surface area contributed by atoms with Gasteiger partial charge in [-0.25, -0.2) is 0 Å². The number of fused-ring (bicyclic) bond motifs is 1. The Morgan fingerprint density at radius 2 is 2.09 bits per heavy atom. The second-order valence-corrected chi connectivity index (χ2v) is 5.64. The molecule has 3 atom stereocenters. The van der Waals surface area contributed by atoms with Crippen molar-refractivity contribution in [3.05, 3.63) is 29.8 Å². The molecule has 1 aliphatic carbocycles. The highest BCUT2D eigenvalue weighted by Gasteiger charge is 2.47. The van der Waals surface area contributed by atoms with Crippen LogP contribution in [0.2, 0.25) is 0 Å². The highest BCUT2D eigenvalue weighted by atomic mass is 19.3. The summed E-state index contributed by atoms with van der Waals surface area (Å²) in [5.74, 6) is -0.982. The summed E-state index contributed by atoms with van der Waals surface area (Å²) in [4.78, 5) is 12.2. The molecule has 1 saturated heterocycles. The third-order valence-corrected chi connectivity index (χ3v) is 4.21. The standard InChI is InChI=1S/C15H15F4NO3/c16-14(17)15(18,19)23-11-4-2-1-3-9(11)13(21)20-10-7-12-8(10)5-6-22-12/h1-4,8,10,12,14H,5-7H2,(H,20,21)/t8-,10+,12+/m0/s1. The zero-order valence-electron chi connectivity index (χ0n) is 12.0. The van der Waals surface area contributed by atoms with Crippen LogP contribution in [-0.4, -0.2) is 37.2 Å². The van der Waals surface area contributed by atoms with E-state index in [0.717, 1.165) is 12.5 Å². The van der Waals surface area contributed by atoms with Gasteiger partial charge in [0.25, 0.3) is 5.91 Å². The Morgan fingerprint density at radius 3 is 2.78 bits per heavy atom. The smallest absolute Gasteiger partial charge is 0.427 e. The van der Waals surface area contributed by atoms with Gasteiger partial charge in [0.15, 0.2) is 0 Å². The Labute approximate surface area is 129 Å². The van der Waals surface area contributed by atoms with Crippen LogP contribution in [0.5, 0.6) is 5.75 Å². The van der Waals surface area contributed by atoms with Gasteiger partial charge in [-0.2, -0.15) is 17.6 Å². The summed E-state index contributed by atoms with van der Waals surface area (Å²) in [5.41, 5.74) is -0.199. The Bertz CT molecular complexity index is 596. The van der Waals surface area contributed by atoms with Gasteiger partial charge in [0.05, 0.1) is 11.7 Å². The Morgan fingerprint density at radius 1 is 1.35 bits per heavy atom. The van der Waals surface area contributed by atoms with Crippen LogP contribution in [-0.2, 0) is 4.74 Å². The van der Waals surface area contributed by atoms with Gasteiger partial charge in [-0.1, -0.05) is 12.1 Å². The lowest BCUT2D eigenvalue weighted by Crippen LogP contribution is -2.53. The fraction of sp³-hybridized carbons (Fsp3) is 0.533. The molecule has 1 saturated carbocycles. The fourth-order valence-electron chi connectivity index (χ4n) is 2.94. The molecule has 1 aliphatic heterocycles. The summed E-state index contributed by atoms with van der Waals surface area (Å²) in [6, 6.07) is 5.00. The van der Waals surface area contributed by atoms with Crippen molar-refractivity contribution in [2.75, 3.05) is 6.61 Å². The fourth-order valence-corrected chi connectivity index (χ4v) is 2.94. The molecule has 8 heteroatoms. The SMILES string of the molecule is O=C(N[C@@H]1C[C@H]2OCC[C@@H]12)c1ccccc1OC(F)(F)C(F)F.